The molecule has 1 aromatic rings. The first kappa shape index (κ1) is 20.3. The maximum atomic E-state index is 12.0. The van der Waals surface area contributed by atoms with Gasteiger partial charge in [-0.05, 0) is 30.9 Å². The molecule has 0 aromatic heterocycles. The third-order valence-electron chi connectivity index (χ3n) is 4.35. The van der Waals surface area contributed by atoms with Gasteiger partial charge in [0.15, 0.2) is 17.5 Å². The highest BCUT2D eigenvalue weighted by Crippen LogP contribution is 2.29. The van der Waals surface area contributed by atoms with Gasteiger partial charge in [0.1, 0.15) is 0 Å². The van der Waals surface area contributed by atoms with E-state index in [9.17, 15) is 8.42 Å². The molecular formula is C17H28N4O4S. The number of hydrogen-bond acceptors (Lipinski definition) is 5. The van der Waals surface area contributed by atoms with Crippen molar-refractivity contribution >= 4 is 21.7 Å². The van der Waals surface area contributed by atoms with Gasteiger partial charge in [-0.15, -0.1) is 0 Å². The molecule has 26 heavy (non-hydrogen) atoms. The van der Waals surface area contributed by atoms with Crippen LogP contribution < -0.4 is 24.8 Å². The van der Waals surface area contributed by atoms with Crippen molar-refractivity contribution in [3.05, 3.63) is 18.2 Å². The molecule has 8 nitrogen and oxygen atoms in total. The minimum atomic E-state index is -3.28. The maximum Gasteiger partial charge on any atom is 0.213 e. The number of ether oxygens (including phenoxy) is 2. The van der Waals surface area contributed by atoms with E-state index in [0.717, 1.165) is 18.5 Å². The topological polar surface area (TPSA) is 101 Å². The van der Waals surface area contributed by atoms with Crippen molar-refractivity contribution in [1.82, 2.24) is 10.0 Å². The van der Waals surface area contributed by atoms with E-state index in [1.807, 2.05) is 6.07 Å². The second kappa shape index (κ2) is 9.63. The number of methoxy groups -OCH3 is 2. The predicted octanol–water partition coefficient (Wildman–Crippen LogP) is 1.41. The SMILES string of the molecule is CN=C(NCCS(=O)(=O)NCC1CCC1)Nc1ccc(OC)c(OC)c1. The first-order chi connectivity index (χ1) is 12.5. The number of nitrogens with one attached hydrogen (secondary N) is 3. The van der Waals surface area contributed by atoms with Gasteiger partial charge in [-0.3, -0.25) is 4.99 Å². The fourth-order valence-corrected chi connectivity index (χ4v) is 3.55. The highest BCUT2D eigenvalue weighted by atomic mass is 32.2. The number of aliphatic imine (C=N–C) groups is 1. The Balaban J connectivity index is 1.81. The summed E-state index contributed by atoms with van der Waals surface area (Å²) < 4.78 is 37.2. The van der Waals surface area contributed by atoms with Crippen LogP contribution in [-0.2, 0) is 10.0 Å². The molecule has 146 valence electrons. The quantitative estimate of drug-likeness (QED) is 0.440. The molecule has 1 fully saturated rings. The van der Waals surface area contributed by atoms with E-state index in [1.54, 1.807) is 33.4 Å². The zero-order valence-corrected chi connectivity index (χ0v) is 16.4. The lowest BCUT2D eigenvalue weighted by Crippen LogP contribution is -2.39. The average molecular weight is 385 g/mol. The summed E-state index contributed by atoms with van der Waals surface area (Å²) in [6.07, 6.45) is 3.43. The number of nitrogens with zero attached hydrogens (tertiary/aromatic N) is 1. The van der Waals surface area contributed by atoms with E-state index in [-0.39, 0.29) is 12.3 Å². The molecule has 0 aliphatic heterocycles. The molecule has 0 bridgehead atoms. The summed E-state index contributed by atoms with van der Waals surface area (Å²) in [4.78, 5) is 4.10. The van der Waals surface area contributed by atoms with Crippen LogP contribution in [0.25, 0.3) is 0 Å². The maximum absolute atomic E-state index is 12.0. The van der Waals surface area contributed by atoms with Crippen LogP contribution in [0.2, 0.25) is 0 Å². The van der Waals surface area contributed by atoms with Crippen molar-refractivity contribution < 1.29 is 17.9 Å². The van der Waals surface area contributed by atoms with Gasteiger partial charge in [-0.25, -0.2) is 13.1 Å². The molecule has 0 atom stereocenters. The van der Waals surface area contributed by atoms with Crippen LogP contribution >= 0.6 is 0 Å². The fourth-order valence-electron chi connectivity index (χ4n) is 2.55. The molecule has 1 aliphatic carbocycles. The summed E-state index contributed by atoms with van der Waals surface area (Å²) in [6.45, 7) is 0.800. The minimum absolute atomic E-state index is 0.00759. The highest BCUT2D eigenvalue weighted by molar-refractivity contribution is 7.89. The van der Waals surface area contributed by atoms with Crippen molar-refractivity contribution in [3.63, 3.8) is 0 Å². The predicted molar refractivity (Wildman–Crippen MR) is 104 cm³/mol. The lowest BCUT2D eigenvalue weighted by Gasteiger charge is -2.25. The van der Waals surface area contributed by atoms with Crippen molar-refractivity contribution in [2.75, 3.05) is 45.4 Å². The summed E-state index contributed by atoms with van der Waals surface area (Å²) in [5.74, 6) is 2.19. The molecule has 1 aromatic carbocycles. The largest absolute Gasteiger partial charge is 0.493 e. The molecule has 3 N–H and O–H groups in total. The minimum Gasteiger partial charge on any atom is -0.493 e. The van der Waals surface area contributed by atoms with Crippen LogP contribution in [-0.4, -0.2) is 54.5 Å². The van der Waals surface area contributed by atoms with Gasteiger partial charge in [-0.1, -0.05) is 6.42 Å². The molecule has 0 saturated heterocycles. The number of anilines is 1. The fraction of sp³-hybridized carbons (Fsp3) is 0.588. The average Bonchev–Trinajstić information content (AvgIpc) is 2.59. The number of guanidine groups is 1. The van der Waals surface area contributed by atoms with Crippen LogP contribution in [0.1, 0.15) is 19.3 Å². The highest BCUT2D eigenvalue weighted by Gasteiger charge is 2.20. The van der Waals surface area contributed by atoms with Gasteiger partial charge in [0.2, 0.25) is 10.0 Å². The molecule has 1 aliphatic rings. The van der Waals surface area contributed by atoms with Gasteiger partial charge >= 0.3 is 0 Å². The van der Waals surface area contributed by atoms with Crippen molar-refractivity contribution in [1.29, 1.82) is 0 Å². The van der Waals surface area contributed by atoms with Gasteiger partial charge in [0.25, 0.3) is 0 Å². The Morgan fingerprint density at radius 3 is 2.54 bits per heavy atom. The third-order valence-corrected chi connectivity index (χ3v) is 5.70. The Kier molecular flexibility index (Phi) is 7.52. The van der Waals surface area contributed by atoms with Crippen LogP contribution in [0, 0.1) is 5.92 Å². The zero-order valence-electron chi connectivity index (χ0n) is 15.5. The van der Waals surface area contributed by atoms with Crippen LogP contribution in [0.5, 0.6) is 11.5 Å². The lowest BCUT2D eigenvalue weighted by molar-refractivity contribution is 0.316. The van der Waals surface area contributed by atoms with Crippen LogP contribution in [0.3, 0.4) is 0 Å². The molecule has 0 spiro atoms. The summed E-state index contributed by atoms with van der Waals surface area (Å²) >= 11 is 0. The molecule has 0 unspecified atom stereocenters. The third kappa shape index (κ3) is 6.06. The van der Waals surface area contributed by atoms with E-state index < -0.39 is 10.0 Å². The Bertz CT molecular complexity index is 717. The number of benzene rings is 1. The number of rotatable bonds is 9. The molecule has 9 heteroatoms. The Hall–Kier alpha value is -2.00. The van der Waals surface area contributed by atoms with Gasteiger partial charge < -0.3 is 20.1 Å². The van der Waals surface area contributed by atoms with Crippen molar-refractivity contribution in [3.8, 4) is 11.5 Å². The second-order valence-electron chi connectivity index (χ2n) is 6.16. The summed E-state index contributed by atoms with van der Waals surface area (Å²) in [5, 5.41) is 6.10. The van der Waals surface area contributed by atoms with Crippen molar-refractivity contribution in [2.45, 2.75) is 19.3 Å². The van der Waals surface area contributed by atoms with Crippen LogP contribution in [0.15, 0.2) is 23.2 Å². The molecule has 0 heterocycles. The molecule has 1 saturated carbocycles. The van der Waals surface area contributed by atoms with E-state index >= 15 is 0 Å². The Morgan fingerprint density at radius 2 is 1.96 bits per heavy atom. The molecule has 2 rings (SSSR count). The van der Waals surface area contributed by atoms with Gasteiger partial charge in [0.05, 0.1) is 20.0 Å². The Morgan fingerprint density at radius 1 is 1.23 bits per heavy atom. The smallest absolute Gasteiger partial charge is 0.213 e. The van der Waals surface area contributed by atoms with E-state index in [2.05, 4.69) is 20.3 Å². The first-order valence-electron chi connectivity index (χ1n) is 8.64. The van der Waals surface area contributed by atoms with Crippen LogP contribution in [0.4, 0.5) is 5.69 Å². The van der Waals surface area contributed by atoms with E-state index in [4.69, 9.17) is 9.47 Å². The number of hydrogen-bond donors (Lipinski definition) is 3. The standard InChI is InChI=1S/C17H28N4O4S/c1-18-17(21-14-7-8-15(24-2)16(11-14)25-3)19-9-10-26(22,23)20-12-13-5-4-6-13/h7-8,11,13,20H,4-6,9-10,12H2,1-3H3,(H2,18,19,21). The normalized spacial score (nSPS) is 15.3. The zero-order chi connectivity index (χ0) is 19.0. The lowest BCUT2D eigenvalue weighted by atomic mass is 9.86. The van der Waals surface area contributed by atoms with Gasteiger partial charge in [-0.2, -0.15) is 0 Å². The second-order valence-corrected chi connectivity index (χ2v) is 8.08. The first-order valence-corrected chi connectivity index (χ1v) is 10.3. The summed E-state index contributed by atoms with van der Waals surface area (Å²) in [6, 6.07) is 5.39. The van der Waals surface area contributed by atoms with Gasteiger partial charge in [0, 0.05) is 31.9 Å². The summed E-state index contributed by atoms with van der Waals surface area (Å²) in [7, 11) is 1.48. The van der Waals surface area contributed by atoms with E-state index in [0.29, 0.717) is 29.9 Å². The molecule has 0 radical (unpaired) electrons. The van der Waals surface area contributed by atoms with E-state index in [1.165, 1.54) is 6.42 Å². The Labute approximate surface area is 155 Å². The molecular weight excluding hydrogens is 356 g/mol. The molecule has 0 amide bonds. The van der Waals surface area contributed by atoms with Crippen molar-refractivity contribution in [2.24, 2.45) is 10.9 Å². The monoisotopic (exact) mass is 384 g/mol. The summed E-state index contributed by atoms with van der Waals surface area (Å²) in [5.41, 5.74) is 0.752. The number of sulfonamides is 1.